The van der Waals surface area contributed by atoms with Crippen molar-refractivity contribution >= 4 is 29.3 Å². The molecule has 1 amide bonds. The molecule has 0 heterocycles. The van der Waals surface area contributed by atoms with Crippen molar-refractivity contribution in [2.45, 2.75) is 43.3 Å². The molecule has 0 aromatic heterocycles. The van der Waals surface area contributed by atoms with Crippen molar-refractivity contribution in [3.63, 3.8) is 0 Å². The average Bonchev–Trinajstić information content (AvgIpc) is 2.60. The maximum atomic E-state index is 12.2. The number of amides is 1. The SMILES string of the molecule is CC(Sc1ccc(Cl)cc1)C(=O)NCCOc1ccccc1C(C)(C)C. The van der Waals surface area contributed by atoms with Crippen molar-refractivity contribution < 1.29 is 9.53 Å². The van der Waals surface area contributed by atoms with Gasteiger partial charge < -0.3 is 10.1 Å². The number of benzene rings is 2. The van der Waals surface area contributed by atoms with E-state index in [1.807, 2.05) is 49.4 Å². The van der Waals surface area contributed by atoms with Crippen LogP contribution in [0.3, 0.4) is 0 Å². The van der Waals surface area contributed by atoms with Crippen molar-refractivity contribution in [2.24, 2.45) is 0 Å². The minimum atomic E-state index is -0.182. The number of ether oxygens (including phenoxy) is 1. The monoisotopic (exact) mass is 391 g/mol. The van der Waals surface area contributed by atoms with E-state index >= 15 is 0 Å². The van der Waals surface area contributed by atoms with Crippen LogP contribution in [0.4, 0.5) is 0 Å². The molecule has 5 heteroatoms. The summed E-state index contributed by atoms with van der Waals surface area (Å²) in [6, 6.07) is 15.5. The second-order valence-corrected chi connectivity index (χ2v) is 8.95. The topological polar surface area (TPSA) is 38.3 Å². The zero-order valence-electron chi connectivity index (χ0n) is 15.7. The number of halogens is 1. The van der Waals surface area contributed by atoms with Gasteiger partial charge in [0.2, 0.25) is 5.91 Å². The number of carbonyl (C=O) groups excluding carboxylic acids is 1. The van der Waals surface area contributed by atoms with E-state index in [4.69, 9.17) is 16.3 Å². The Kier molecular flexibility index (Phi) is 7.42. The molecule has 0 aliphatic rings. The van der Waals surface area contributed by atoms with Crippen LogP contribution in [0.15, 0.2) is 53.4 Å². The zero-order chi connectivity index (χ0) is 19.2. The molecular weight excluding hydrogens is 366 g/mol. The Balaban J connectivity index is 1.79. The number of carbonyl (C=O) groups is 1. The maximum Gasteiger partial charge on any atom is 0.233 e. The predicted molar refractivity (Wildman–Crippen MR) is 110 cm³/mol. The smallest absolute Gasteiger partial charge is 0.233 e. The van der Waals surface area contributed by atoms with Gasteiger partial charge in [-0.15, -0.1) is 11.8 Å². The second kappa shape index (κ2) is 9.33. The van der Waals surface area contributed by atoms with Gasteiger partial charge in [-0.2, -0.15) is 0 Å². The van der Waals surface area contributed by atoms with Crippen molar-refractivity contribution in [3.8, 4) is 5.75 Å². The molecule has 0 spiro atoms. The number of hydrogen-bond donors (Lipinski definition) is 1. The highest BCUT2D eigenvalue weighted by Crippen LogP contribution is 2.30. The highest BCUT2D eigenvalue weighted by molar-refractivity contribution is 8.00. The number of thioether (sulfide) groups is 1. The van der Waals surface area contributed by atoms with Gasteiger partial charge in [0.1, 0.15) is 12.4 Å². The first-order valence-corrected chi connectivity index (χ1v) is 9.95. The molecule has 2 rings (SSSR count). The van der Waals surface area contributed by atoms with Gasteiger partial charge in [-0.05, 0) is 48.2 Å². The minimum absolute atomic E-state index is 0.00217. The van der Waals surface area contributed by atoms with Crippen LogP contribution >= 0.6 is 23.4 Å². The zero-order valence-corrected chi connectivity index (χ0v) is 17.3. The summed E-state index contributed by atoms with van der Waals surface area (Å²) in [6.07, 6.45) is 0. The van der Waals surface area contributed by atoms with Crippen LogP contribution in [-0.2, 0) is 10.2 Å². The molecule has 0 fully saturated rings. The molecule has 0 aliphatic carbocycles. The number of para-hydroxylation sites is 1. The molecule has 0 saturated heterocycles. The van der Waals surface area contributed by atoms with Crippen LogP contribution < -0.4 is 10.1 Å². The third-order valence-corrected chi connectivity index (χ3v) is 5.21. The van der Waals surface area contributed by atoms with Crippen LogP contribution in [0.2, 0.25) is 5.02 Å². The lowest BCUT2D eigenvalue weighted by Gasteiger charge is -2.22. The highest BCUT2D eigenvalue weighted by atomic mass is 35.5. The fourth-order valence-corrected chi connectivity index (χ4v) is 3.48. The van der Waals surface area contributed by atoms with E-state index in [0.29, 0.717) is 18.2 Å². The summed E-state index contributed by atoms with van der Waals surface area (Å²) in [5.41, 5.74) is 1.18. The predicted octanol–water partition coefficient (Wildman–Crippen LogP) is 5.31. The minimum Gasteiger partial charge on any atom is -0.491 e. The van der Waals surface area contributed by atoms with E-state index < -0.39 is 0 Å². The van der Waals surface area contributed by atoms with Crippen LogP contribution in [0.25, 0.3) is 0 Å². The Hall–Kier alpha value is -1.65. The molecule has 2 aromatic carbocycles. The van der Waals surface area contributed by atoms with Crippen LogP contribution in [0.1, 0.15) is 33.3 Å². The largest absolute Gasteiger partial charge is 0.491 e. The lowest BCUT2D eigenvalue weighted by molar-refractivity contribution is -0.120. The van der Waals surface area contributed by atoms with Gasteiger partial charge in [-0.1, -0.05) is 50.6 Å². The maximum absolute atomic E-state index is 12.2. The van der Waals surface area contributed by atoms with Gasteiger partial charge in [-0.3, -0.25) is 4.79 Å². The number of rotatable bonds is 7. The Labute approximate surface area is 165 Å². The second-order valence-electron chi connectivity index (χ2n) is 7.10. The van der Waals surface area contributed by atoms with Crippen molar-refractivity contribution in [3.05, 3.63) is 59.1 Å². The fourth-order valence-electron chi connectivity index (χ4n) is 2.46. The van der Waals surface area contributed by atoms with Crippen molar-refractivity contribution in [1.29, 1.82) is 0 Å². The van der Waals surface area contributed by atoms with E-state index in [-0.39, 0.29) is 16.6 Å². The summed E-state index contributed by atoms with van der Waals surface area (Å²) in [5.74, 6) is 0.871. The number of nitrogens with one attached hydrogen (secondary N) is 1. The molecule has 0 aliphatic heterocycles. The van der Waals surface area contributed by atoms with Gasteiger partial charge >= 0.3 is 0 Å². The summed E-state index contributed by atoms with van der Waals surface area (Å²) < 4.78 is 5.89. The van der Waals surface area contributed by atoms with Crippen LogP contribution in [0.5, 0.6) is 5.75 Å². The molecule has 0 radical (unpaired) electrons. The molecular formula is C21H26ClNO2S. The van der Waals surface area contributed by atoms with E-state index in [0.717, 1.165) is 16.2 Å². The molecule has 2 aromatic rings. The van der Waals surface area contributed by atoms with Gasteiger partial charge in [0.15, 0.2) is 0 Å². The molecule has 1 atom stereocenters. The third-order valence-electron chi connectivity index (χ3n) is 3.85. The van der Waals surface area contributed by atoms with Gasteiger partial charge in [0, 0.05) is 9.92 Å². The molecule has 3 nitrogen and oxygen atoms in total. The summed E-state index contributed by atoms with van der Waals surface area (Å²) >= 11 is 7.39. The quantitative estimate of drug-likeness (QED) is 0.513. The third kappa shape index (κ3) is 6.26. The normalized spacial score (nSPS) is 12.5. The summed E-state index contributed by atoms with van der Waals surface area (Å²) in [6.45, 7) is 9.29. The van der Waals surface area contributed by atoms with Gasteiger partial charge in [0.25, 0.3) is 0 Å². The lowest BCUT2D eigenvalue weighted by Crippen LogP contribution is -2.34. The van der Waals surface area contributed by atoms with Gasteiger partial charge in [-0.25, -0.2) is 0 Å². The van der Waals surface area contributed by atoms with E-state index in [2.05, 4.69) is 32.2 Å². The lowest BCUT2D eigenvalue weighted by atomic mass is 9.86. The first-order chi connectivity index (χ1) is 12.3. The van der Waals surface area contributed by atoms with Crippen molar-refractivity contribution in [1.82, 2.24) is 5.32 Å². The van der Waals surface area contributed by atoms with E-state index in [1.165, 1.54) is 11.8 Å². The molecule has 0 bridgehead atoms. The van der Waals surface area contributed by atoms with E-state index in [1.54, 1.807) is 0 Å². The summed E-state index contributed by atoms with van der Waals surface area (Å²) in [4.78, 5) is 13.3. The Bertz CT molecular complexity index is 726. The van der Waals surface area contributed by atoms with E-state index in [9.17, 15) is 4.79 Å². The molecule has 0 saturated carbocycles. The number of hydrogen-bond acceptors (Lipinski definition) is 3. The highest BCUT2D eigenvalue weighted by Gasteiger charge is 2.18. The molecule has 140 valence electrons. The summed E-state index contributed by atoms with van der Waals surface area (Å²) in [7, 11) is 0. The Morgan fingerprint density at radius 3 is 2.46 bits per heavy atom. The van der Waals surface area contributed by atoms with Crippen LogP contribution in [0, 0.1) is 0 Å². The molecule has 1 N–H and O–H groups in total. The molecule has 26 heavy (non-hydrogen) atoms. The average molecular weight is 392 g/mol. The van der Waals surface area contributed by atoms with Crippen LogP contribution in [-0.4, -0.2) is 24.3 Å². The standard InChI is InChI=1S/C21H26ClNO2S/c1-15(26-17-11-9-16(22)10-12-17)20(24)23-13-14-25-19-8-6-5-7-18(19)21(2,3)4/h5-12,15H,13-14H2,1-4H3,(H,23,24). The molecule has 1 unspecified atom stereocenters. The Morgan fingerprint density at radius 2 is 1.81 bits per heavy atom. The Morgan fingerprint density at radius 1 is 1.15 bits per heavy atom. The van der Waals surface area contributed by atoms with Gasteiger partial charge in [0.05, 0.1) is 11.8 Å². The van der Waals surface area contributed by atoms with Crippen molar-refractivity contribution in [2.75, 3.05) is 13.2 Å². The fraction of sp³-hybridized carbons (Fsp3) is 0.381. The summed E-state index contributed by atoms with van der Waals surface area (Å²) in [5, 5.41) is 3.44. The first kappa shape index (κ1) is 20.7. The first-order valence-electron chi connectivity index (χ1n) is 8.69.